The van der Waals surface area contributed by atoms with E-state index in [1.54, 1.807) is 43.3 Å². The molecule has 0 saturated carbocycles. The fourth-order valence-electron chi connectivity index (χ4n) is 3.60. The minimum Gasteiger partial charge on any atom is -0.477 e. The van der Waals surface area contributed by atoms with Gasteiger partial charge in [-0.2, -0.15) is 0 Å². The number of rotatable bonds is 5. The summed E-state index contributed by atoms with van der Waals surface area (Å²) < 4.78 is 11.0. The maximum atomic E-state index is 12.9. The number of nitrogens with zero attached hydrogens (tertiary/aromatic N) is 2. The van der Waals surface area contributed by atoms with Crippen molar-refractivity contribution in [3.8, 4) is 17.0 Å². The Labute approximate surface area is 191 Å². The number of likely N-dealkylation sites (N-methyl/N-ethyl adjacent to an activating group) is 1. The van der Waals surface area contributed by atoms with Gasteiger partial charge in [-0.25, -0.2) is 4.79 Å². The zero-order chi connectivity index (χ0) is 23.4. The molecular weight excluding hydrogens is 422 g/mol. The topological polar surface area (TPSA) is 97.8 Å². The van der Waals surface area contributed by atoms with Crippen LogP contribution in [0.25, 0.3) is 11.3 Å². The van der Waals surface area contributed by atoms with Crippen LogP contribution in [0, 0.1) is 6.92 Å². The molecule has 0 spiro atoms. The first-order valence-electron chi connectivity index (χ1n) is 10.5. The Balaban J connectivity index is 1.46. The lowest BCUT2D eigenvalue weighted by atomic mass is 10.1. The van der Waals surface area contributed by atoms with E-state index in [2.05, 4.69) is 10.3 Å². The first-order chi connectivity index (χ1) is 16.0. The number of nitrogens with one attached hydrogen (secondary N) is 1. The van der Waals surface area contributed by atoms with Crippen molar-refractivity contribution in [2.24, 2.45) is 0 Å². The summed E-state index contributed by atoms with van der Waals surface area (Å²) in [7, 11) is 1.50. The summed E-state index contributed by atoms with van der Waals surface area (Å²) in [6.45, 7) is 1.25. The van der Waals surface area contributed by atoms with E-state index in [0.717, 1.165) is 11.3 Å². The number of amides is 2. The third-order valence-electron chi connectivity index (χ3n) is 5.32. The summed E-state index contributed by atoms with van der Waals surface area (Å²) in [5.74, 6) is -1.04. The summed E-state index contributed by atoms with van der Waals surface area (Å²) in [5.41, 5.74) is 2.99. The summed E-state index contributed by atoms with van der Waals surface area (Å²) in [5, 5.41) is 2.53. The van der Waals surface area contributed by atoms with E-state index < -0.39 is 24.6 Å². The number of benzene rings is 2. The predicted octanol–water partition coefficient (Wildman–Crippen LogP) is 2.75. The van der Waals surface area contributed by atoms with Crippen LogP contribution in [0.2, 0.25) is 0 Å². The third kappa shape index (κ3) is 4.69. The molecule has 4 rings (SSSR count). The molecule has 8 nitrogen and oxygen atoms in total. The molecule has 2 aromatic carbocycles. The second-order valence-electron chi connectivity index (χ2n) is 7.46. The molecule has 33 heavy (non-hydrogen) atoms. The van der Waals surface area contributed by atoms with E-state index in [1.165, 1.54) is 11.9 Å². The molecule has 1 unspecified atom stereocenters. The van der Waals surface area contributed by atoms with Gasteiger partial charge in [0.05, 0.1) is 29.2 Å². The molecule has 3 aromatic rings. The van der Waals surface area contributed by atoms with Crippen LogP contribution in [-0.2, 0) is 14.3 Å². The molecule has 8 heteroatoms. The molecule has 0 radical (unpaired) electrons. The molecule has 0 aliphatic carbocycles. The second-order valence-corrected chi connectivity index (χ2v) is 7.46. The SMILES string of the molecule is CNC(=O)C1CN(C(=O)COC(=O)c2ccc(-c3ccccc3)nc2C)c2ccccc2O1. The van der Waals surface area contributed by atoms with E-state index in [-0.39, 0.29) is 18.0 Å². The fourth-order valence-corrected chi connectivity index (χ4v) is 3.60. The summed E-state index contributed by atoms with van der Waals surface area (Å²) in [6, 6.07) is 19.9. The van der Waals surface area contributed by atoms with E-state index in [4.69, 9.17) is 9.47 Å². The quantitative estimate of drug-likeness (QED) is 0.607. The Bertz CT molecular complexity index is 1200. The van der Waals surface area contributed by atoms with Crippen molar-refractivity contribution in [2.45, 2.75) is 13.0 Å². The number of hydrogen-bond acceptors (Lipinski definition) is 6. The summed E-state index contributed by atoms with van der Waals surface area (Å²) in [4.78, 5) is 43.6. The molecular formula is C25H23N3O5. The number of aromatic nitrogens is 1. The van der Waals surface area contributed by atoms with Gasteiger partial charge >= 0.3 is 5.97 Å². The second kappa shape index (κ2) is 9.52. The van der Waals surface area contributed by atoms with Crippen LogP contribution in [0.1, 0.15) is 16.1 Å². The van der Waals surface area contributed by atoms with Crippen molar-refractivity contribution in [2.75, 3.05) is 25.1 Å². The highest BCUT2D eigenvalue weighted by atomic mass is 16.5. The van der Waals surface area contributed by atoms with Crippen molar-refractivity contribution in [3.63, 3.8) is 0 Å². The average Bonchev–Trinajstić information content (AvgIpc) is 2.86. The van der Waals surface area contributed by atoms with E-state index in [0.29, 0.717) is 17.1 Å². The van der Waals surface area contributed by atoms with Crippen LogP contribution in [-0.4, -0.2) is 49.1 Å². The normalized spacial score (nSPS) is 14.6. The molecule has 2 amide bonds. The van der Waals surface area contributed by atoms with Gasteiger partial charge in [0.15, 0.2) is 12.7 Å². The van der Waals surface area contributed by atoms with Crippen molar-refractivity contribution < 1.29 is 23.9 Å². The molecule has 1 aromatic heterocycles. The van der Waals surface area contributed by atoms with Crippen LogP contribution in [0.3, 0.4) is 0 Å². The highest BCUT2D eigenvalue weighted by molar-refractivity contribution is 6.00. The van der Waals surface area contributed by atoms with Crippen molar-refractivity contribution >= 4 is 23.5 Å². The van der Waals surface area contributed by atoms with Gasteiger partial charge < -0.3 is 19.7 Å². The molecule has 1 N–H and O–H groups in total. The fraction of sp³-hybridized carbons (Fsp3) is 0.200. The number of ether oxygens (including phenoxy) is 2. The standard InChI is InChI=1S/C25H23N3O5/c1-16-18(12-13-19(27-16)17-8-4-3-5-9-17)25(31)32-15-23(29)28-14-22(24(30)26-2)33-21-11-7-6-10-20(21)28/h3-13,22H,14-15H2,1-2H3,(H,26,30). The lowest BCUT2D eigenvalue weighted by molar-refractivity contribution is -0.128. The number of carbonyl (C=O) groups excluding carboxylic acids is 3. The molecule has 0 saturated heterocycles. The van der Waals surface area contributed by atoms with Crippen LogP contribution < -0.4 is 15.0 Å². The molecule has 2 heterocycles. The Kier molecular flexibility index (Phi) is 6.35. The van der Waals surface area contributed by atoms with Crippen molar-refractivity contribution in [1.82, 2.24) is 10.3 Å². The number of hydrogen-bond donors (Lipinski definition) is 1. The zero-order valence-electron chi connectivity index (χ0n) is 18.3. The number of esters is 1. The minimum absolute atomic E-state index is 0.0133. The lowest BCUT2D eigenvalue weighted by Crippen LogP contribution is -2.51. The molecule has 1 aliphatic heterocycles. The molecule has 0 fully saturated rings. The van der Waals surface area contributed by atoms with Gasteiger partial charge in [-0.1, -0.05) is 42.5 Å². The van der Waals surface area contributed by atoms with Gasteiger partial charge in [0.2, 0.25) is 0 Å². The highest BCUT2D eigenvalue weighted by Gasteiger charge is 2.33. The van der Waals surface area contributed by atoms with Gasteiger partial charge in [-0.05, 0) is 31.2 Å². The van der Waals surface area contributed by atoms with Crippen molar-refractivity contribution in [1.29, 1.82) is 0 Å². The smallest absolute Gasteiger partial charge is 0.340 e. The van der Waals surface area contributed by atoms with Crippen LogP contribution in [0.5, 0.6) is 5.75 Å². The van der Waals surface area contributed by atoms with Gasteiger partial charge in [-0.15, -0.1) is 0 Å². The van der Waals surface area contributed by atoms with Gasteiger partial charge in [-0.3, -0.25) is 14.6 Å². The van der Waals surface area contributed by atoms with Crippen LogP contribution in [0.4, 0.5) is 5.69 Å². The van der Waals surface area contributed by atoms with Gasteiger partial charge in [0, 0.05) is 12.6 Å². The molecule has 0 bridgehead atoms. The predicted molar refractivity (Wildman–Crippen MR) is 122 cm³/mol. The molecule has 1 atom stereocenters. The van der Waals surface area contributed by atoms with Gasteiger partial charge in [0.25, 0.3) is 11.8 Å². The first-order valence-corrected chi connectivity index (χ1v) is 10.5. The Morgan fingerprint density at radius 2 is 1.79 bits per heavy atom. The Hall–Kier alpha value is -4.20. The zero-order valence-corrected chi connectivity index (χ0v) is 18.3. The maximum Gasteiger partial charge on any atom is 0.340 e. The first kappa shape index (κ1) is 22.0. The summed E-state index contributed by atoms with van der Waals surface area (Å²) in [6.07, 6.45) is -0.860. The number of fused-ring (bicyclic) bond motifs is 1. The lowest BCUT2D eigenvalue weighted by Gasteiger charge is -2.33. The largest absolute Gasteiger partial charge is 0.477 e. The van der Waals surface area contributed by atoms with Crippen LogP contribution >= 0.6 is 0 Å². The van der Waals surface area contributed by atoms with E-state index >= 15 is 0 Å². The number of anilines is 1. The third-order valence-corrected chi connectivity index (χ3v) is 5.32. The van der Waals surface area contributed by atoms with Crippen LogP contribution in [0.15, 0.2) is 66.7 Å². The van der Waals surface area contributed by atoms with Crippen molar-refractivity contribution in [3.05, 3.63) is 78.0 Å². The van der Waals surface area contributed by atoms with E-state index in [1.807, 2.05) is 30.3 Å². The average molecular weight is 445 g/mol. The number of carbonyl (C=O) groups is 3. The Morgan fingerprint density at radius 1 is 1.06 bits per heavy atom. The summed E-state index contributed by atoms with van der Waals surface area (Å²) >= 11 is 0. The van der Waals surface area contributed by atoms with E-state index in [9.17, 15) is 14.4 Å². The number of aryl methyl sites for hydroxylation is 1. The maximum absolute atomic E-state index is 12.9. The monoisotopic (exact) mass is 445 g/mol. The van der Waals surface area contributed by atoms with Gasteiger partial charge in [0.1, 0.15) is 5.75 Å². The number of para-hydroxylation sites is 2. The minimum atomic E-state index is -0.860. The Morgan fingerprint density at radius 3 is 2.52 bits per heavy atom. The number of pyridine rings is 1. The highest BCUT2D eigenvalue weighted by Crippen LogP contribution is 2.33. The molecule has 1 aliphatic rings. The molecule has 168 valence electrons.